The Morgan fingerprint density at radius 1 is 1.05 bits per heavy atom. The van der Waals surface area contributed by atoms with Crippen LogP contribution in [-0.2, 0) is 12.8 Å². The molecule has 1 N–H and O–H groups in total. The van der Waals surface area contributed by atoms with Gasteiger partial charge < -0.3 is 5.11 Å². The number of hydrogen-bond acceptors (Lipinski definition) is 2. The van der Waals surface area contributed by atoms with Gasteiger partial charge in [0.1, 0.15) is 0 Å². The van der Waals surface area contributed by atoms with E-state index in [4.69, 9.17) is 11.6 Å². The Balaban J connectivity index is 1.58. The molecule has 0 spiro atoms. The average molecular weight is 530 g/mol. The lowest BCUT2D eigenvalue weighted by Crippen LogP contribution is -2.40. The molecular formula is C33H33ClFNO2. The maximum absolute atomic E-state index is 12.4. The lowest BCUT2D eigenvalue weighted by molar-refractivity contribution is 0.0696. The molecule has 3 aromatic carbocycles. The molecule has 38 heavy (non-hydrogen) atoms. The van der Waals surface area contributed by atoms with Gasteiger partial charge in [-0.05, 0) is 100 Å². The quantitative estimate of drug-likeness (QED) is 0.322. The minimum atomic E-state index is -0.900. The summed E-state index contributed by atoms with van der Waals surface area (Å²) in [7, 11) is 0. The van der Waals surface area contributed by atoms with Gasteiger partial charge in [-0.25, -0.2) is 4.79 Å². The average Bonchev–Trinajstić information content (AvgIpc) is 3.09. The monoisotopic (exact) mass is 529 g/mol. The van der Waals surface area contributed by atoms with E-state index in [9.17, 15) is 14.3 Å². The molecule has 0 unspecified atom stereocenters. The molecule has 0 bridgehead atoms. The van der Waals surface area contributed by atoms with E-state index in [0.29, 0.717) is 12.0 Å². The van der Waals surface area contributed by atoms with Crippen molar-refractivity contribution in [2.45, 2.75) is 39.0 Å². The number of halogens is 2. The highest BCUT2D eigenvalue weighted by atomic mass is 35.5. The van der Waals surface area contributed by atoms with Crippen LogP contribution >= 0.6 is 11.6 Å². The van der Waals surface area contributed by atoms with Gasteiger partial charge in [0, 0.05) is 24.7 Å². The molecule has 5 heteroatoms. The Kier molecular flexibility index (Phi) is 8.11. The molecule has 5 rings (SSSR count). The van der Waals surface area contributed by atoms with Crippen LogP contribution < -0.4 is 0 Å². The molecule has 2 aliphatic rings. The van der Waals surface area contributed by atoms with Gasteiger partial charge in [-0.1, -0.05) is 67.1 Å². The minimum Gasteiger partial charge on any atom is -0.478 e. The highest BCUT2D eigenvalue weighted by Gasteiger charge is 2.23. The van der Waals surface area contributed by atoms with Gasteiger partial charge in [0.25, 0.3) is 0 Å². The largest absolute Gasteiger partial charge is 0.478 e. The Morgan fingerprint density at radius 2 is 1.84 bits per heavy atom. The van der Waals surface area contributed by atoms with Crippen LogP contribution in [0.2, 0.25) is 5.02 Å². The van der Waals surface area contributed by atoms with Crippen molar-refractivity contribution in [2.75, 3.05) is 26.3 Å². The van der Waals surface area contributed by atoms with E-state index in [1.54, 1.807) is 6.07 Å². The topological polar surface area (TPSA) is 40.5 Å². The fraction of sp³-hybridized carbons (Fsp3) is 0.303. The fourth-order valence-corrected chi connectivity index (χ4v) is 6.07. The molecule has 1 aliphatic carbocycles. The van der Waals surface area contributed by atoms with Crippen LogP contribution in [0.3, 0.4) is 0 Å². The minimum absolute atomic E-state index is 0.259. The van der Waals surface area contributed by atoms with Gasteiger partial charge in [0.05, 0.1) is 12.2 Å². The number of carbonyl (C=O) groups is 1. The number of alkyl halides is 1. The van der Waals surface area contributed by atoms with E-state index in [0.717, 1.165) is 83.7 Å². The molecular weight excluding hydrogens is 497 g/mol. The first-order valence-corrected chi connectivity index (χ1v) is 13.8. The number of allylic oxidation sites excluding steroid dienone is 1. The molecule has 3 nitrogen and oxygen atoms in total. The van der Waals surface area contributed by atoms with Gasteiger partial charge in [-0.3, -0.25) is 9.29 Å². The number of hydrogen-bond donors (Lipinski definition) is 1. The summed E-state index contributed by atoms with van der Waals surface area (Å²) < 4.78 is 12.4. The number of likely N-dealkylation sites (tertiary alicyclic amines) is 1. The second kappa shape index (κ2) is 11.7. The van der Waals surface area contributed by atoms with Gasteiger partial charge in [-0.2, -0.15) is 0 Å². The number of carboxylic acid groups (broad SMARTS) is 1. The first-order chi connectivity index (χ1) is 18.5. The number of aryl methyl sites for hydroxylation is 1. The number of fused-ring (bicyclic) bond motifs is 1. The van der Waals surface area contributed by atoms with Gasteiger partial charge in [-0.15, -0.1) is 0 Å². The van der Waals surface area contributed by atoms with Crippen LogP contribution in [-0.4, -0.2) is 42.3 Å². The molecule has 0 atom stereocenters. The molecule has 1 aliphatic heterocycles. The smallest absolute Gasteiger partial charge is 0.335 e. The molecule has 0 amide bonds. The third-order valence-corrected chi connectivity index (χ3v) is 7.98. The summed E-state index contributed by atoms with van der Waals surface area (Å²) in [5.41, 5.74) is 10.9. The molecule has 0 radical (unpaired) electrons. The van der Waals surface area contributed by atoms with Crippen molar-refractivity contribution in [3.05, 3.63) is 110 Å². The standard InChI is InChI=1S/C33H33ClFNO2/c1-2-27-29(7-4-9-31(27)34)30-8-3-6-25-19-26(33(37)38)14-15-28(25)32(30)24-12-10-22(11-13-24)18-23-20-36(21-23)17-5-16-35/h4,7,9-15,18-19H,2-3,5-6,8,16-17,20-21H2,1H3,(H,37,38). The molecule has 196 valence electrons. The molecule has 0 saturated carbocycles. The van der Waals surface area contributed by atoms with Crippen LogP contribution in [0.1, 0.15) is 69.9 Å². The van der Waals surface area contributed by atoms with Crippen molar-refractivity contribution in [2.24, 2.45) is 0 Å². The van der Waals surface area contributed by atoms with Gasteiger partial charge in [0.15, 0.2) is 0 Å². The summed E-state index contributed by atoms with van der Waals surface area (Å²) in [4.78, 5) is 14.0. The molecule has 1 saturated heterocycles. The lowest BCUT2D eigenvalue weighted by atomic mass is 9.85. The van der Waals surface area contributed by atoms with Gasteiger partial charge in [0.2, 0.25) is 0 Å². The van der Waals surface area contributed by atoms with E-state index in [-0.39, 0.29) is 6.67 Å². The molecule has 1 fully saturated rings. The van der Waals surface area contributed by atoms with E-state index in [1.165, 1.54) is 16.7 Å². The second-order valence-electron chi connectivity index (χ2n) is 10.2. The number of nitrogens with zero attached hydrogens (tertiary/aromatic N) is 1. The first kappa shape index (κ1) is 26.4. The Hall–Kier alpha value is -3.21. The first-order valence-electron chi connectivity index (χ1n) is 13.4. The Bertz CT molecular complexity index is 1400. The fourth-order valence-electron chi connectivity index (χ4n) is 5.76. The Morgan fingerprint density at radius 3 is 2.55 bits per heavy atom. The number of carboxylic acids is 1. The molecule has 3 aromatic rings. The zero-order valence-electron chi connectivity index (χ0n) is 21.8. The van der Waals surface area contributed by atoms with E-state index in [1.807, 2.05) is 24.3 Å². The summed E-state index contributed by atoms with van der Waals surface area (Å²) >= 11 is 6.65. The van der Waals surface area contributed by atoms with E-state index in [2.05, 4.69) is 48.2 Å². The number of aromatic carboxylic acids is 1. The van der Waals surface area contributed by atoms with Crippen molar-refractivity contribution in [1.29, 1.82) is 0 Å². The van der Waals surface area contributed by atoms with Crippen LogP contribution in [0.5, 0.6) is 0 Å². The van der Waals surface area contributed by atoms with Crippen LogP contribution in [0.15, 0.2) is 66.2 Å². The number of benzene rings is 3. The van der Waals surface area contributed by atoms with Crippen molar-refractivity contribution in [1.82, 2.24) is 4.90 Å². The Labute approximate surface area is 229 Å². The van der Waals surface area contributed by atoms with E-state index < -0.39 is 5.97 Å². The summed E-state index contributed by atoms with van der Waals surface area (Å²) in [6, 6.07) is 20.3. The summed E-state index contributed by atoms with van der Waals surface area (Å²) in [5, 5.41) is 10.4. The lowest BCUT2D eigenvalue weighted by Gasteiger charge is -2.33. The summed E-state index contributed by atoms with van der Waals surface area (Å²) in [5.74, 6) is -0.900. The van der Waals surface area contributed by atoms with Crippen molar-refractivity contribution in [3.8, 4) is 0 Å². The van der Waals surface area contributed by atoms with Crippen LogP contribution in [0.25, 0.3) is 17.2 Å². The maximum Gasteiger partial charge on any atom is 0.335 e. The molecule has 0 aromatic heterocycles. The SMILES string of the molecule is CCc1c(Cl)cccc1C1=C(c2ccc(C=C3CN(CCCF)C3)cc2)c2ccc(C(=O)O)cc2CCC1. The van der Waals surface area contributed by atoms with Crippen molar-refractivity contribution >= 4 is 34.8 Å². The summed E-state index contributed by atoms with van der Waals surface area (Å²) in [6.07, 6.45) is 6.33. The zero-order valence-corrected chi connectivity index (χ0v) is 22.5. The number of rotatable bonds is 8. The predicted octanol–water partition coefficient (Wildman–Crippen LogP) is 7.95. The predicted molar refractivity (Wildman–Crippen MR) is 155 cm³/mol. The second-order valence-corrected chi connectivity index (χ2v) is 10.6. The summed E-state index contributed by atoms with van der Waals surface area (Å²) in [6.45, 7) is 4.51. The highest BCUT2D eigenvalue weighted by molar-refractivity contribution is 6.31. The molecule has 1 heterocycles. The van der Waals surface area contributed by atoms with Crippen molar-refractivity contribution in [3.63, 3.8) is 0 Å². The van der Waals surface area contributed by atoms with Crippen LogP contribution in [0.4, 0.5) is 4.39 Å². The zero-order chi connectivity index (χ0) is 26.6. The third-order valence-electron chi connectivity index (χ3n) is 7.63. The normalized spacial score (nSPS) is 15.6. The highest BCUT2D eigenvalue weighted by Crippen LogP contribution is 2.42. The van der Waals surface area contributed by atoms with Gasteiger partial charge >= 0.3 is 5.97 Å². The third kappa shape index (κ3) is 5.48. The maximum atomic E-state index is 12.4. The van der Waals surface area contributed by atoms with Crippen LogP contribution in [0, 0.1) is 0 Å². The van der Waals surface area contributed by atoms with Crippen molar-refractivity contribution < 1.29 is 14.3 Å². The van der Waals surface area contributed by atoms with E-state index >= 15 is 0 Å².